The summed E-state index contributed by atoms with van der Waals surface area (Å²) in [7, 11) is -1.52. The van der Waals surface area contributed by atoms with Gasteiger partial charge < -0.3 is 5.11 Å². The number of pyridine rings is 1. The molecule has 6 aromatic rings. The van der Waals surface area contributed by atoms with Crippen LogP contribution in [-0.2, 0) is 6.42 Å². The lowest BCUT2D eigenvalue weighted by Gasteiger charge is -2.22. The summed E-state index contributed by atoms with van der Waals surface area (Å²) in [5.74, 6) is 1.50. The number of benzene rings is 4. The predicted molar refractivity (Wildman–Crippen MR) is 178 cm³/mol. The molecule has 210 valence electrons. The SMILES string of the molecule is CC(C)Cc1cc(-c2cccc(-c3cccc4c3nc(-c3ccccc3O)n4-c3ccccc3)c2)ncc1[Si](C)(C)C. The van der Waals surface area contributed by atoms with Gasteiger partial charge in [-0.1, -0.05) is 94.2 Å². The van der Waals surface area contributed by atoms with Crippen LogP contribution >= 0.6 is 0 Å². The summed E-state index contributed by atoms with van der Waals surface area (Å²) in [6, 6.07) is 34.9. The molecule has 0 fully saturated rings. The molecule has 0 bridgehead atoms. The van der Waals surface area contributed by atoms with Crippen LogP contribution in [0.15, 0.2) is 109 Å². The highest BCUT2D eigenvalue weighted by Crippen LogP contribution is 2.37. The number of imidazole rings is 1. The third-order valence-electron chi connectivity index (χ3n) is 7.74. The molecule has 0 unspecified atom stereocenters. The Morgan fingerprint density at radius 1 is 0.762 bits per heavy atom. The van der Waals surface area contributed by atoms with E-state index in [0.29, 0.717) is 17.3 Å². The van der Waals surface area contributed by atoms with E-state index in [0.717, 1.165) is 45.5 Å². The number of aromatic nitrogens is 3. The predicted octanol–water partition coefficient (Wildman–Crippen LogP) is 8.87. The third kappa shape index (κ3) is 5.28. The maximum absolute atomic E-state index is 10.8. The van der Waals surface area contributed by atoms with Crippen molar-refractivity contribution in [1.29, 1.82) is 0 Å². The van der Waals surface area contributed by atoms with Gasteiger partial charge in [-0.2, -0.15) is 0 Å². The number of hydrogen-bond acceptors (Lipinski definition) is 3. The first-order valence-corrected chi connectivity index (χ1v) is 18.2. The smallest absolute Gasteiger partial charge is 0.149 e. The van der Waals surface area contributed by atoms with Crippen molar-refractivity contribution in [3.8, 4) is 45.2 Å². The number of hydrogen-bond donors (Lipinski definition) is 1. The quantitative estimate of drug-likeness (QED) is 0.196. The van der Waals surface area contributed by atoms with Crippen molar-refractivity contribution < 1.29 is 5.11 Å². The normalized spacial score (nSPS) is 11.9. The second-order valence-corrected chi connectivity index (χ2v) is 17.5. The highest BCUT2D eigenvalue weighted by molar-refractivity contribution is 6.89. The molecule has 0 amide bonds. The molecule has 0 aliphatic rings. The zero-order chi connectivity index (χ0) is 29.4. The molecule has 1 N–H and O–H groups in total. The Balaban J connectivity index is 1.52. The summed E-state index contributed by atoms with van der Waals surface area (Å²) in [6.45, 7) is 11.8. The number of fused-ring (bicyclic) bond motifs is 1. The Hall–Kier alpha value is -4.48. The number of para-hydroxylation sites is 3. The average Bonchev–Trinajstić information content (AvgIpc) is 3.36. The van der Waals surface area contributed by atoms with Crippen LogP contribution in [0.3, 0.4) is 0 Å². The molecule has 2 aromatic heterocycles. The van der Waals surface area contributed by atoms with Crippen molar-refractivity contribution in [1.82, 2.24) is 14.5 Å². The fourth-order valence-corrected chi connectivity index (χ4v) is 7.39. The Morgan fingerprint density at radius 2 is 1.45 bits per heavy atom. The molecule has 0 aliphatic carbocycles. The van der Waals surface area contributed by atoms with E-state index in [1.165, 1.54) is 10.8 Å². The lowest BCUT2D eigenvalue weighted by Crippen LogP contribution is -2.40. The fraction of sp³-hybridized carbons (Fsp3) is 0.189. The number of phenols is 1. The van der Waals surface area contributed by atoms with Gasteiger partial charge >= 0.3 is 0 Å². The van der Waals surface area contributed by atoms with Crippen LogP contribution in [0.25, 0.3) is 50.5 Å². The molecule has 4 nitrogen and oxygen atoms in total. The lowest BCUT2D eigenvalue weighted by atomic mass is 9.98. The van der Waals surface area contributed by atoms with E-state index in [4.69, 9.17) is 9.97 Å². The van der Waals surface area contributed by atoms with Gasteiger partial charge in [0.1, 0.15) is 11.6 Å². The summed E-state index contributed by atoms with van der Waals surface area (Å²) >= 11 is 0. The Labute approximate surface area is 249 Å². The summed E-state index contributed by atoms with van der Waals surface area (Å²) in [6.07, 6.45) is 3.19. The lowest BCUT2D eigenvalue weighted by molar-refractivity contribution is 0.477. The number of nitrogens with zero attached hydrogens (tertiary/aromatic N) is 3. The van der Waals surface area contributed by atoms with E-state index in [9.17, 15) is 5.11 Å². The van der Waals surface area contributed by atoms with E-state index in [1.54, 1.807) is 6.07 Å². The zero-order valence-corrected chi connectivity index (χ0v) is 26.0. The van der Waals surface area contributed by atoms with Gasteiger partial charge in [0, 0.05) is 23.0 Å². The van der Waals surface area contributed by atoms with E-state index in [2.05, 4.69) is 105 Å². The molecule has 6 rings (SSSR count). The van der Waals surface area contributed by atoms with Crippen LogP contribution in [0, 0.1) is 5.92 Å². The van der Waals surface area contributed by atoms with E-state index in [1.807, 2.05) is 36.4 Å². The minimum atomic E-state index is -1.52. The molecular weight excluding hydrogens is 531 g/mol. The van der Waals surface area contributed by atoms with Crippen LogP contribution in [0.1, 0.15) is 19.4 Å². The Bertz CT molecular complexity index is 1880. The second kappa shape index (κ2) is 11.1. The number of aromatic hydroxyl groups is 1. The Kier molecular flexibility index (Phi) is 7.29. The van der Waals surface area contributed by atoms with Gasteiger partial charge in [-0.25, -0.2) is 4.98 Å². The Morgan fingerprint density at radius 3 is 2.19 bits per heavy atom. The van der Waals surface area contributed by atoms with Crippen LogP contribution in [-0.4, -0.2) is 27.7 Å². The number of rotatable bonds is 7. The van der Waals surface area contributed by atoms with Crippen LogP contribution in [0.5, 0.6) is 5.75 Å². The molecule has 2 heterocycles. The summed E-state index contributed by atoms with van der Waals surface area (Å²) in [5.41, 5.74) is 9.22. The molecule has 0 radical (unpaired) electrons. The summed E-state index contributed by atoms with van der Waals surface area (Å²) < 4.78 is 2.13. The van der Waals surface area contributed by atoms with Crippen molar-refractivity contribution in [3.05, 3.63) is 115 Å². The molecule has 0 saturated heterocycles. The molecule has 4 aromatic carbocycles. The minimum Gasteiger partial charge on any atom is -0.507 e. The molecule has 42 heavy (non-hydrogen) atoms. The third-order valence-corrected chi connectivity index (χ3v) is 9.81. The molecule has 0 saturated carbocycles. The van der Waals surface area contributed by atoms with Crippen molar-refractivity contribution >= 4 is 24.3 Å². The highest BCUT2D eigenvalue weighted by atomic mass is 28.3. The first-order chi connectivity index (χ1) is 20.2. The fourth-order valence-electron chi connectivity index (χ4n) is 5.80. The average molecular weight is 568 g/mol. The van der Waals surface area contributed by atoms with Crippen molar-refractivity contribution in [3.63, 3.8) is 0 Å². The van der Waals surface area contributed by atoms with Gasteiger partial charge in [0.15, 0.2) is 0 Å². The monoisotopic (exact) mass is 567 g/mol. The standard InChI is InChI=1S/C37H37N3OSi/c1-25(2)21-28-23-32(38-24-35(28)42(3,4)5)27-14-11-13-26(22-27)30-18-12-19-33-36(30)39-37(31-17-9-10-20-34(31)41)40(33)29-15-7-6-8-16-29/h6-20,22-25,41H,21H2,1-5H3. The maximum atomic E-state index is 10.8. The molecule has 0 atom stereocenters. The van der Waals surface area contributed by atoms with Gasteiger partial charge in [-0.3, -0.25) is 9.55 Å². The van der Waals surface area contributed by atoms with Gasteiger partial charge in [-0.05, 0) is 71.1 Å². The van der Waals surface area contributed by atoms with Gasteiger partial charge in [0.25, 0.3) is 0 Å². The van der Waals surface area contributed by atoms with Crippen molar-refractivity contribution in [2.45, 2.75) is 39.9 Å². The molecule has 0 aliphatic heterocycles. The van der Waals surface area contributed by atoms with E-state index >= 15 is 0 Å². The summed E-state index contributed by atoms with van der Waals surface area (Å²) in [4.78, 5) is 10.2. The van der Waals surface area contributed by atoms with Gasteiger partial charge in [-0.15, -0.1) is 0 Å². The van der Waals surface area contributed by atoms with Gasteiger partial charge in [0.2, 0.25) is 0 Å². The first-order valence-electron chi connectivity index (χ1n) is 14.7. The van der Waals surface area contributed by atoms with Crippen LogP contribution in [0.4, 0.5) is 0 Å². The highest BCUT2D eigenvalue weighted by Gasteiger charge is 2.23. The van der Waals surface area contributed by atoms with Crippen LogP contribution in [0.2, 0.25) is 19.6 Å². The second-order valence-electron chi connectivity index (χ2n) is 12.5. The van der Waals surface area contributed by atoms with E-state index in [-0.39, 0.29) is 5.75 Å². The van der Waals surface area contributed by atoms with Gasteiger partial charge in [0.05, 0.1) is 30.4 Å². The van der Waals surface area contributed by atoms with Crippen molar-refractivity contribution in [2.24, 2.45) is 5.92 Å². The van der Waals surface area contributed by atoms with Crippen LogP contribution < -0.4 is 5.19 Å². The topological polar surface area (TPSA) is 50.9 Å². The summed E-state index contributed by atoms with van der Waals surface area (Å²) in [5, 5.41) is 12.2. The molecule has 5 heteroatoms. The van der Waals surface area contributed by atoms with E-state index < -0.39 is 8.07 Å². The van der Waals surface area contributed by atoms with Crippen molar-refractivity contribution in [2.75, 3.05) is 0 Å². The minimum absolute atomic E-state index is 0.207. The number of phenolic OH excluding ortho intramolecular Hbond substituents is 1. The largest absolute Gasteiger partial charge is 0.507 e. The first kappa shape index (κ1) is 27.7. The molecular formula is C37H37N3OSi. The maximum Gasteiger partial charge on any atom is 0.149 e. The zero-order valence-electron chi connectivity index (χ0n) is 25.0. The molecule has 0 spiro atoms.